The first kappa shape index (κ1) is 30.2. The fourth-order valence-corrected chi connectivity index (χ4v) is 6.47. The summed E-state index contributed by atoms with van der Waals surface area (Å²) in [6, 6.07) is 11.6. The average Bonchev–Trinajstić information content (AvgIpc) is 3.79. The summed E-state index contributed by atoms with van der Waals surface area (Å²) in [4.78, 5) is 33.3. The van der Waals surface area contributed by atoms with Crippen molar-refractivity contribution in [3.05, 3.63) is 100.0 Å². The second kappa shape index (κ2) is 12.4. The number of rotatable bonds is 5. The molecule has 46 heavy (non-hydrogen) atoms. The molecule has 1 saturated carbocycles. The average molecular weight is 644 g/mol. The normalized spacial score (nSPS) is 20.3. The van der Waals surface area contributed by atoms with Crippen LogP contribution >= 0.6 is 11.6 Å². The minimum atomic E-state index is -0.872. The van der Waals surface area contributed by atoms with E-state index in [9.17, 15) is 18.4 Å². The van der Waals surface area contributed by atoms with Crippen LogP contribution in [0, 0.1) is 17.6 Å². The van der Waals surface area contributed by atoms with Crippen LogP contribution in [0.5, 0.6) is 0 Å². The predicted molar refractivity (Wildman–Crippen MR) is 169 cm³/mol. The third-order valence-electron chi connectivity index (χ3n) is 9.05. The van der Waals surface area contributed by atoms with E-state index in [2.05, 4.69) is 20.5 Å². The summed E-state index contributed by atoms with van der Waals surface area (Å²) in [6.45, 7) is 2.14. The quantitative estimate of drug-likeness (QED) is 0.224. The summed E-state index contributed by atoms with van der Waals surface area (Å²) in [5, 5.41) is 11.3. The van der Waals surface area contributed by atoms with Crippen molar-refractivity contribution in [2.75, 3.05) is 11.9 Å². The van der Waals surface area contributed by atoms with E-state index in [1.807, 2.05) is 37.3 Å². The van der Waals surface area contributed by atoms with Crippen molar-refractivity contribution < 1.29 is 22.8 Å². The minimum Gasteiger partial charge on any atom is -0.425 e. The SMILES string of the molecule is C[C@@H]1CCC[C@H](N2CCC(c3c(F)ccc(Cl)c3F)=CC2=O)c2cc(ccn2)-c2ccc(Cc3nnc(C4CC4)o3)cc2NC1=O. The molecule has 2 atom stereocenters. The summed E-state index contributed by atoms with van der Waals surface area (Å²) in [5.74, 6) is -0.768. The smallest absolute Gasteiger partial charge is 0.247 e. The number of carbonyl (C=O) groups excluding carboxylic acids is 2. The summed E-state index contributed by atoms with van der Waals surface area (Å²) in [5.41, 5.74) is 3.95. The van der Waals surface area contributed by atoms with Crippen LogP contribution in [0.15, 0.2) is 59.2 Å². The molecule has 7 rings (SSSR count). The topological polar surface area (TPSA) is 101 Å². The lowest BCUT2D eigenvalue weighted by atomic mass is 9.92. The molecule has 2 aliphatic heterocycles. The fraction of sp³-hybridized carbons (Fsp3) is 0.343. The van der Waals surface area contributed by atoms with Gasteiger partial charge in [-0.25, -0.2) is 8.78 Å². The van der Waals surface area contributed by atoms with Crippen LogP contribution in [0.3, 0.4) is 0 Å². The van der Waals surface area contributed by atoms with E-state index in [0.717, 1.165) is 41.7 Å². The van der Waals surface area contributed by atoms with Crippen molar-refractivity contribution >= 4 is 34.7 Å². The van der Waals surface area contributed by atoms with E-state index in [4.69, 9.17) is 16.0 Å². The zero-order chi connectivity index (χ0) is 31.9. The van der Waals surface area contributed by atoms with E-state index in [1.165, 1.54) is 6.08 Å². The second-order valence-electron chi connectivity index (χ2n) is 12.3. The van der Waals surface area contributed by atoms with Crippen molar-refractivity contribution in [1.82, 2.24) is 20.1 Å². The van der Waals surface area contributed by atoms with Crippen LogP contribution in [-0.2, 0) is 16.0 Å². The number of hydrogen-bond acceptors (Lipinski definition) is 6. The Morgan fingerprint density at radius 2 is 1.89 bits per heavy atom. The molecular formula is C35H32ClF2N5O3. The molecule has 236 valence electrons. The van der Waals surface area contributed by atoms with E-state index in [-0.39, 0.29) is 46.9 Å². The van der Waals surface area contributed by atoms with Gasteiger partial charge in [-0.1, -0.05) is 37.1 Å². The van der Waals surface area contributed by atoms with Gasteiger partial charge >= 0.3 is 0 Å². The number of hydrogen-bond donors (Lipinski definition) is 1. The molecule has 2 bridgehead atoms. The molecular weight excluding hydrogens is 612 g/mol. The molecule has 1 N–H and O–H groups in total. The van der Waals surface area contributed by atoms with Gasteiger partial charge in [0.25, 0.3) is 0 Å². The largest absolute Gasteiger partial charge is 0.425 e. The number of nitrogens with zero attached hydrogens (tertiary/aromatic N) is 4. The van der Waals surface area contributed by atoms with Crippen LogP contribution in [0.4, 0.5) is 14.5 Å². The predicted octanol–water partition coefficient (Wildman–Crippen LogP) is 7.65. The van der Waals surface area contributed by atoms with Gasteiger partial charge in [0.05, 0.1) is 28.7 Å². The Morgan fingerprint density at radius 3 is 2.70 bits per heavy atom. The number of benzene rings is 2. The molecule has 0 spiro atoms. The standard InChI is InChI=1S/C35H32ClF2N5O3/c1-19-3-2-4-29(43-14-12-23(18-31(43)44)32-26(37)10-9-25(36)33(32)38)28-17-22(11-13-39-28)24-8-5-20(15-27(24)40-34(19)45)16-30-41-42-35(46-30)21-6-7-21/h5,8-11,13,15,17-19,21,29H,2-4,6-7,12,14,16H2,1H3,(H,40,45)/t19-,29+/m1/s1. The molecule has 0 saturated heterocycles. The first-order valence-corrected chi connectivity index (χ1v) is 16.0. The minimum absolute atomic E-state index is 0.0918. The molecule has 8 nitrogen and oxygen atoms in total. The highest BCUT2D eigenvalue weighted by atomic mass is 35.5. The van der Waals surface area contributed by atoms with Gasteiger partial charge in [0, 0.05) is 41.9 Å². The first-order valence-electron chi connectivity index (χ1n) is 15.6. The van der Waals surface area contributed by atoms with Gasteiger partial charge in [-0.05, 0) is 79.1 Å². The van der Waals surface area contributed by atoms with Crippen LogP contribution in [0.2, 0.25) is 5.02 Å². The molecule has 1 fully saturated rings. The molecule has 1 aliphatic carbocycles. The summed E-state index contributed by atoms with van der Waals surface area (Å²) < 4.78 is 35.3. The lowest BCUT2D eigenvalue weighted by Gasteiger charge is -2.34. The highest BCUT2D eigenvalue weighted by Gasteiger charge is 2.32. The van der Waals surface area contributed by atoms with Crippen molar-refractivity contribution in [2.45, 2.75) is 63.8 Å². The molecule has 4 aromatic rings. The van der Waals surface area contributed by atoms with Gasteiger partial charge in [0.15, 0.2) is 5.82 Å². The number of nitrogens with one attached hydrogen (secondary N) is 1. The Kier molecular flexibility index (Phi) is 8.15. The molecule has 2 aromatic carbocycles. The van der Waals surface area contributed by atoms with E-state index < -0.39 is 17.7 Å². The Morgan fingerprint density at radius 1 is 1.04 bits per heavy atom. The van der Waals surface area contributed by atoms with Crippen LogP contribution in [0.1, 0.15) is 86.0 Å². The van der Waals surface area contributed by atoms with Gasteiger partial charge in [-0.2, -0.15) is 0 Å². The fourth-order valence-electron chi connectivity index (χ4n) is 6.31. The number of halogens is 3. The maximum Gasteiger partial charge on any atom is 0.247 e. The highest BCUT2D eigenvalue weighted by Crippen LogP contribution is 2.40. The molecule has 2 amide bonds. The number of carbonyl (C=O) groups is 2. The van der Waals surface area contributed by atoms with Crippen LogP contribution in [0.25, 0.3) is 16.7 Å². The Labute approximate surface area is 269 Å². The van der Waals surface area contributed by atoms with Gasteiger partial charge in [-0.3, -0.25) is 14.6 Å². The summed E-state index contributed by atoms with van der Waals surface area (Å²) in [6.07, 6.45) is 7.68. The van der Waals surface area contributed by atoms with Crippen molar-refractivity contribution in [3.8, 4) is 11.1 Å². The van der Waals surface area contributed by atoms with Crippen LogP contribution in [-0.4, -0.2) is 38.4 Å². The van der Waals surface area contributed by atoms with Gasteiger partial charge in [0.2, 0.25) is 23.6 Å². The Balaban J connectivity index is 1.21. The molecule has 3 aliphatic rings. The Bertz CT molecular complexity index is 1870. The Hall–Kier alpha value is -4.44. The van der Waals surface area contributed by atoms with Crippen molar-refractivity contribution in [2.24, 2.45) is 5.92 Å². The monoisotopic (exact) mass is 643 g/mol. The molecule has 2 aromatic heterocycles. The second-order valence-corrected chi connectivity index (χ2v) is 12.7. The zero-order valence-corrected chi connectivity index (χ0v) is 26.0. The number of amides is 2. The van der Waals surface area contributed by atoms with E-state index in [0.29, 0.717) is 54.8 Å². The summed E-state index contributed by atoms with van der Waals surface area (Å²) in [7, 11) is 0. The third kappa shape index (κ3) is 6.06. The van der Waals surface area contributed by atoms with E-state index >= 15 is 0 Å². The van der Waals surface area contributed by atoms with Gasteiger partial charge < -0.3 is 14.6 Å². The lowest BCUT2D eigenvalue weighted by molar-refractivity contribution is -0.129. The summed E-state index contributed by atoms with van der Waals surface area (Å²) >= 11 is 5.92. The lowest BCUT2D eigenvalue weighted by Crippen LogP contribution is -2.38. The number of anilines is 1. The van der Waals surface area contributed by atoms with Crippen molar-refractivity contribution in [3.63, 3.8) is 0 Å². The maximum atomic E-state index is 14.8. The third-order valence-corrected chi connectivity index (χ3v) is 9.34. The number of aromatic nitrogens is 3. The highest BCUT2D eigenvalue weighted by molar-refractivity contribution is 6.31. The first-order chi connectivity index (χ1) is 22.2. The van der Waals surface area contributed by atoms with Crippen LogP contribution < -0.4 is 5.32 Å². The van der Waals surface area contributed by atoms with E-state index in [1.54, 1.807) is 11.1 Å². The molecule has 4 heterocycles. The van der Waals surface area contributed by atoms with Gasteiger partial charge in [0.1, 0.15) is 5.82 Å². The molecule has 0 radical (unpaired) electrons. The van der Waals surface area contributed by atoms with Gasteiger partial charge in [-0.15, -0.1) is 10.2 Å². The molecule has 0 unspecified atom stereocenters. The van der Waals surface area contributed by atoms with Crippen molar-refractivity contribution in [1.29, 1.82) is 0 Å². The maximum absolute atomic E-state index is 14.8. The number of fused-ring (bicyclic) bond motifs is 4. The molecule has 11 heteroatoms. The number of pyridine rings is 1. The zero-order valence-electron chi connectivity index (χ0n) is 25.2.